The Morgan fingerprint density at radius 1 is 0.931 bits per heavy atom. The van der Waals surface area contributed by atoms with Crippen LogP contribution >= 0.6 is 11.6 Å². The van der Waals surface area contributed by atoms with Gasteiger partial charge in [-0.05, 0) is 48.5 Å². The molecule has 1 aromatic heterocycles. The maximum Gasteiger partial charge on any atom is 0.323 e. The van der Waals surface area contributed by atoms with Crippen molar-refractivity contribution in [2.24, 2.45) is 0 Å². The van der Waals surface area contributed by atoms with E-state index in [9.17, 15) is 4.79 Å². The molecule has 0 atom stereocenters. The van der Waals surface area contributed by atoms with Gasteiger partial charge in [-0.1, -0.05) is 29.8 Å². The van der Waals surface area contributed by atoms with Crippen molar-refractivity contribution >= 4 is 34.8 Å². The van der Waals surface area contributed by atoms with Crippen LogP contribution in [0.4, 0.5) is 22.0 Å². The van der Waals surface area contributed by atoms with Crippen LogP contribution in [-0.4, -0.2) is 37.2 Å². The van der Waals surface area contributed by atoms with Crippen LogP contribution in [0.15, 0.2) is 66.7 Å². The van der Waals surface area contributed by atoms with Crippen molar-refractivity contribution in [3.63, 3.8) is 0 Å². The first kappa shape index (κ1) is 19.2. The number of carbonyl (C=O) groups excluding carboxylic acids is 1. The highest BCUT2D eigenvalue weighted by Gasteiger charge is 2.12. The quantitative estimate of drug-likeness (QED) is 0.597. The third-order valence-electron chi connectivity index (χ3n) is 4.69. The molecule has 3 aromatic rings. The largest absolute Gasteiger partial charge is 0.354 e. The number of halogens is 1. The summed E-state index contributed by atoms with van der Waals surface area (Å²) in [4.78, 5) is 19.4. The van der Waals surface area contributed by atoms with Gasteiger partial charge in [0.1, 0.15) is 5.82 Å². The van der Waals surface area contributed by atoms with Gasteiger partial charge in [-0.3, -0.25) is 0 Å². The summed E-state index contributed by atoms with van der Waals surface area (Å²) in [5.41, 5.74) is 3.20. The van der Waals surface area contributed by atoms with Gasteiger partial charge in [0.2, 0.25) is 0 Å². The highest BCUT2D eigenvalue weighted by Crippen LogP contribution is 2.24. The van der Waals surface area contributed by atoms with Gasteiger partial charge in [-0.2, -0.15) is 0 Å². The third-order valence-corrected chi connectivity index (χ3v) is 4.95. The van der Waals surface area contributed by atoms with E-state index in [4.69, 9.17) is 16.6 Å². The number of urea groups is 1. The number of anilines is 3. The van der Waals surface area contributed by atoms with E-state index in [1.165, 1.54) is 0 Å². The standard InChI is InChI=1S/C22H22ClN5O/c23-17-7-9-18(10-8-17)25-22(29)26-19-4-1-3-16(15-19)20-5-2-6-21(27-20)28-13-11-24-12-14-28/h1-10,15,24H,11-14H2,(H2,25,26,29). The molecule has 2 amide bonds. The zero-order chi connectivity index (χ0) is 20.1. The summed E-state index contributed by atoms with van der Waals surface area (Å²) >= 11 is 5.87. The first-order valence-electron chi connectivity index (χ1n) is 9.54. The number of hydrogen-bond donors (Lipinski definition) is 3. The SMILES string of the molecule is O=C(Nc1ccc(Cl)cc1)Nc1cccc(-c2cccc(N3CCNCC3)n2)c1. The summed E-state index contributed by atoms with van der Waals surface area (Å²) in [6, 6.07) is 20.4. The summed E-state index contributed by atoms with van der Waals surface area (Å²) in [5.74, 6) is 0.975. The average molecular weight is 408 g/mol. The molecule has 7 heteroatoms. The number of piperazine rings is 1. The Morgan fingerprint density at radius 3 is 2.45 bits per heavy atom. The highest BCUT2D eigenvalue weighted by molar-refractivity contribution is 6.30. The fraction of sp³-hybridized carbons (Fsp3) is 0.182. The van der Waals surface area contributed by atoms with Crippen LogP contribution in [-0.2, 0) is 0 Å². The minimum absolute atomic E-state index is 0.313. The Morgan fingerprint density at radius 2 is 1.66 bits per heavy atom. The van der Waals surface area contributed by atoms with Gasteiger partial charge < -0.3 is 20.9 Å². The zero-order valence-corrected chi connectivity index (χ0v) is 16.6. The number of hydrogen-bond acceptors (Lipinski definition) is 4. The minimum atomic E-state index is -0.313. The zero-order valence-electron chi connectivity index (χ0n) is 15.9. The Bertz CT molecular complexity index is 987. The first-order chi connectivity index (χ1) is 14.2. The second-order valence-corrected chi connectivity index (χ2v) is 7.22. The van der Waals surface area contributed by atoms with Crippen molar-refractivity contribution in [3.05, 3.63) is 71.8 Å². The number of rotatable bonds is 4. The predicted molar refractivity (Wildman–Crippen MR) is 119 cm³/mol. The first-order valence-corrected chi connectivity index (χ1v) is 9.92. The number of amides is 2. The number of carbonyl (C=O) groups is 1. The average Bonchev–Trinajstić information content (AvgIpc) is 2.76. The van der Waals surface area contributed by atoms with Gasteiger partial charge in [0, 0.05) is 48.1 Å². The summed E-state index contributed by atoms with van der Waals surface area (Å²) in [7, 11) is 0. The highest BCUT2D eigenvalue weighted by atomic mass is 35.5. The van der Waals surface area contributed by atoms with Gasteiger partial charge in [0.15, 0.2) is 0 Å². The van der Waals surface area contributed by atoms with E-state index in [2.05, 4.69) is 20.9 Å². The van der Waals surface area contributed by atoms with Crippen LogP contribution in [0, 0.1) is 0 Å². The van der Waals surface area contributed by atoms with Crippen molar-refractivity contribution in [2.75, 3.05) is 41.7 Å². The molecule has 0 unspecified atom stereocenters. The summed E-state index contributed by atoms with van der Waals surface area (Å²) < 4.78 is 0. The van der Waals surface area contributed by atoms with E-state index >= 15 is 0 Å². The van der Waals surface area contributed by atoms with Gasteiger partial charge in [0.05, 0.1) is 5.69 Å². The van der Waals surface area contributed by atoms with Crippen LogP contribution < -0.4 is 20.9 Å². The number of nitrogens with one attached hydrogen (secondary N) is 3. The summed E-state index contributed by atoms with van der Waals surface area (Å²) in [6.45, 7) is 3.83. The smallest absolute Gasteiger partial charge is 0.323 e. The van der Waals surface area contributed by atoms with E-state index in [0.717, 1.165) is 43.3 Å². The molecule has 0 radical (unpaired) electrons. The van der Waals surface area contributed by atoms with Crippen LogP contribution in [0.2, 0.25) is 5.02 Å². The molecule has 6 nitrogen and oxygen atoms in total. The molecular formula is C22H22ClN5O. The minimum Gasteiger partial charge on any atom is -0.354 e. The van der Waals surface area contributed by atoms with Crippen molar-refractivity contribution in [2.45, 2.75) is 0 Å². The number of pyridine rings is 1. The van der Waals surface area contributed by atoms with Gasteiger partial charge in [0.25, 0.3) is 0 Å². The number of benzene rings is 2. The molecule has 0 saturated carbocycles. The molecule has 1 saturated heterocycles. The lowest BCUT2D eigenvalue weighted by atomic mass is 10.1. The van der Waals surface area contributed by atoms with E-state index in [1.807, 2.05) is 42.5 Å². The number of nitrogens with zero attached hydrogens (tertiary/aromatic N) is 2. The summed E-state index contributed by atoms with van der Waals surface area (Å²) in [6.07, 6.45) is 0. The van der Waals surface area contributed by atoms with Crippen LogP contribution in [0.1, 0.15) is 0 Å². The van der Waals surface area contributed by atoms with Crippen molar-refractivity contribution < 1.29 is 4.79 Å². The van der Waals surface area contributed by atoms with Crippen LogP contribution in [0.25, 0.3) is 11.3 Å². The molecule has 148 valence electrons. The molecule has 3 N–H and O–H groups in total. The van der Waals surface area contributed by atoms with Crippen molar-refractivity contribution in [1.29, 1.82) is 0 Å². The lowest BCUT2D eigenvalue weighted by Crippen LogP contribution is -2.43. The maximum absolute atomic E-state index is 12.3. The Balaban J connectivity index is 1.47. The normalized spacial score (nSPS) is 13.8. The van der Waals surface area contributed by atoms with Crippen LogP contribution in [0.5, 0.6) is 0 Å². The maximum atomic E-state index is 12.3. The molecule has 1 aliphatic heterocycles. The van der Waals surface area contributed by atoms with Crippen molar-refractivity contribution in [1.82, 2.24) is 10.3 Å². The molecule has 2 aromatic carbocycles. The van der Waals surface area contributed by atoms with E-state index < -0.39 is 0 Å². The van der Waals surface area contributed by atoms with E-state index in [0.29, 0.717) is 16.4 Å². The topological polar surface area (TPSA) is 69.3 Å². The van der Waals surface area contributed by atoms with Crippen LogP contribution in [0.3, 0.4) is 0 Å². The summed E-state index contributed by atoms with van der Waals surface area (Å²) in [5, 5.41) is 9.63. The van der Waals surface area contributed by atoms with Crippen molar-refractivity contribution in [3.8, 4) is 11.3 Å². The molecule has 0 bridgehead atoms. The molecule has 2 heterocycles. The second-order valence-electron chi connectivity index (χ2n) is 6.78. The molecule has 0 spiro atoms. The molecule has 1 aliphatic rings. The monoisotopic (exact) mass is 407 g/mol. The second kappa shape index (κ2) is 8.94. The van der Waals surface area contributed by atoms with E-state index in [1.54, 1.807) is 24.3 Å². The Labute approximate surface area is 174 Å². The lowest BCUT2D eigenvalue weighted by Gasteiger charge is -2.28. The fourth-order valence-electron chi connectivity index (χ4n) is 3.24. The van der Waals surface area contributed by atoms with Gasteiger partial charge in [-0.25, -0.2) is 9.78 Å². The molecule has 29 heavy (non-hydrogen) atoms. The van der Waals surface area contributed by atoms with E-state index in [-0.39, 0.29) is 6.03 Å². The van der Waals surface area contributed by atoms with Gasteiger partial charge >= 0.3 is 6.03 Å². The van der Waals surface area contributed by atoms with Gasteiger partial charge in [-0.15, -0.1) is 0 Å². The molecule has 4 rings (SSSR count). The third kappa shape index (κ3) is 5.04. The Kier molecular flexibility index (Phi) is 5.93. The Hall–Kier alpha value is -3.09. The lowest BCUT2D eigenvalue weighted by molar-refractivity contribution is 0.262. The molecular weight excluding hydrogens is 386 g/mol. The molecule has 0 aliphatic carbocycles. The number of aromatic nitrogens is 1. The fourth-order valence-corrected chi connectivity index (χ4v) is 3.36. The molecule has 1 fully saturated rings. The predicted octanol–water partition coefficient (Wildman–Crippen LogP) is 4.46.